The fourth-order valence-corrected chi connectivity index (χ4v) is 5.70. The fourth-order valence-electron chi connectivity index (χ4n) is 5.70. The highest BCUT2D eigenvalue weighted by atomic mass is 19.1. The van der Waals surface area contributed by atoms with Crippen LogP contribution in [0, 0.1) is 17.1 Å². The van der Waals surface area contributed by atoms with E-state index in [1.54, 1.807) is 39.1 Å². The highest BCUT2D eigenvalue weighted by Crippen LogP contribution is 2.29. The topological polar surface area (TPSA) is 138 Å². The molecule has 4 heterocycles. The van der Waals surface area contributed by atoms with Gasteiger partial charge in [-0.25, -0.2) is 38.2 Å². The number of halogens is 1. The molecule has 0 aliphatic carbocycles. The summed E-state index contributed by atoms with van der Waals surface area (Å²) in [5.41, 5.74) is 1.36. The molecule has 1 unspecified atom stereocenters. The quantitative estimate of drug-likeness (QED) is 0.244. The number of carbonyl (C=O) groups is 1. The average Bonchev–Trinajstić information content (AvgIpc) is 3.42. The van der Waals surface area contributed by atoms with Crippen molar-refractivity contribution in [2.24, 2.45) is 0 Å². The zero-order chi connectivity index (χ0) is 35.5. The molecule has 1 aliphatic rings. The van der Waals surface area contributed by atoms with E-state index in [4.69, 9.17) is 4.74 Å². The molecule has 5 rings (SSSR count). The molecule has 1 saturated heterocycles. The van der Waals surface area contributed by atoms with Crippen LogP contribution in [0.4, 0.5) is 21.0 Å². The van der Waals surface area contributed by atoms with Crippen LogP contribution in [0.2, 0.25) is 0 Å². The summed E-state index contributed by atoms with van der Waals surface area (Å²) in [6, 6.07) is 8.32. The van der Waals surface area contributed by atoms with Crippen molar-refractivity contribution in [3.05, 3.63) is 76.6 Å². The van der Waals surface area contributed by atoms with E-state index in [1.165, 1.54) is 28.0 Å². The lowest BCUT2D eigenvalue weighted by molar-refractivity contribution is 0.0181. The maximum absolute atomic E-state index is 15.5. The van der Waals surface area contributed by atoms with E-state index in [0.717, 1.165) is 16.6 Å². The predicted molar refractivity (Wildman–Crippen MR) is 184 cm³/mol. The van der Waals surface area contributed by atoms with Gasteiger partial charge in [-0.15, -0.1) is 0 Å². The summed E-state index contributed by atoms with van der Waals surface area (Å²) in [7, 11) is 0. The monoisotopic (exact) mass is 670 g/mol. The van der Waals surface area contributed by atoms with Crippen molar-refractivity contribution in [1.29, 1.82) is 5.26 Å². The normalized spacial score (nSPS) is 15.0. The molecule has 0 radical (unpaired) electrons. The number of carbonyl (C=O) groups excluding carboxylic acids is 1. The van der Waals surface area contributed by atoms with E-state index in [9.17, 15) is 14.9 Å². The van der Waals surface area contributed by atoms with Gasteiger partial charge in [0.25, 0.3) is 0 Å². The number of nitrogens with zero attached hydrogens (tertiary/aromatic N) is 10. The van der Waals surface area contributed by atoms with Crippen LogP contribution in [0.3, 0.4) is 0 Å². The Kier molecular flexibility index (Phi) is 10.3. The molecule has 3 aromatic heterocycles. The van der Waals surface area contributed by atoms with Crippen LogP contribution in [0.15, 0.2) is 54.0 Å². The molecule has 0 bridgehead atoms. The Morgan fingerprint density at radius 3 is 2.47 bits per heavy atom. The first kappa shape index (κ1) is 35.0. The number of hydrogen-bond acceptors (Lipinski definition) is 10. The number of hydrogen-bond donors (Lipinski definition) is 0. The van der Waals surface area contributed by atoms with E-state index < -0.39 is 23.2 Å². The van der Waals surface area contributed by atoms with Gasteiger partial charge in [0.1, 0.15) is 29.6 Å². The summed E-state index contributed by atoms with van der Waals surface area (Å²) in [6.07, 6.45) is 6.98. The molecule has 1 aliphatic heterocycles. The zero-order valence-electron chi connectivity index (χ0n) is 29.1. The summed E-state index contributed by atoms with van der Waals surface area (Å²) >= 11 is 0. The van der Waals surface area contributed by atoms with Gasteiger partial charge in [-0.2, -0.15) is 10.4 Å². The highest BCUT2D eigenvalue weighted by Gasteiger charge is 2.28. The molecular formula is C35H43FN10O3. The van der Waals surface area contributed by atoms with E-state index in [-0.39, 0.29) is 30.9 Å². The van der Waals surface area contributed by atoms with Gasteiger partial charge in [0.2, 0.25) is 5.95 Å². The SMILES string of the molecule is CCc1cnc(N2CCN(c3ncc(-c4ccc(-n5cnn(CCN(C(=O)OC(C)(C)C)C(C)C)c5=O)c(F)c4)cc3C#N)C(C)C2)nc1. The van der Waals surface area contributed by atoms with Crippen LogP contribution in [0.5, 0.6) is 0 Å². The molecule has 49 heavy (non-hydrogen) atoms. The second kappa shape index (κ2) is 14.4. The Balaban J connectivity index is 1.29. The highest BCUT2D eigenvalue weighted by molar-refractivity contribution is 5.70. The van der Waals surface area contributed by atoms with Crippen molar-refractivity contribution in [3.8, 4) is 22.9 Å². The van der Waals surface area contributed by atoms with Crippen molar-refractivity contribution in [3.63, 3.8) is 0 Å². The van der Waals surface area contributed by atoms with Gasteiger partial charge in [-0.3, -0.25) is 0 Å². The number of pyridine rings is 1. The van der Waals surface area contributed by atoms with Crippen molar-refractivity contribution < 1.29 is 13.9 Å². The molecule has 1 amide bonds. The number of piperazine rings is 1. The summed E-state index contributed by atoms with van der Waals surface area (Å²) in [5, 5.41) is 14.2. The molecular weight excluding hydrogens is 627 g/mol. The minimum Gasteiger partial charge on any atom is -0.444 e. The molecule has 1 aromatic carbocycles. The van der Waals surface area contributed by atoms with Crippen molar-refractivity contribution in [1.82, 2.24) is 34.2 Å². The number of nitriles is 1. The van der Waals surface area contributed by atoms with Gasteiger partial charge in [-0.05, 0) is 77.3 Å². The fraction of sp³-hybridized carbons (Fsp3) is 0.457. The van der Waals surface area contributed by atoms with Gasteiger partial charge in [0, 0.05) is 62.4 Å². The zero-order valence-corrected chi connectivity index (χ0v) is 29.1. The van der Waals surface area contributed by atoms with Gasteiger partial charge in [0.15, 0.2) is 0 Å². The summed E-state index contributed by atoms with van der Waals surface area (Å²) < 4.78 is 23.3. The molecule has 1 atom stereocenters. The van der Waals surface area contributed by atoms with Crippen molar-refractivity contribution in [2.45, 2.75) is 79.1 Å². The third-order valence-electron chi connectivity index (χ3n) is 8.35. The Hall–Kier alpha value is -5.32. The smallest absolute Gasteiger partial charge is 0.410 e. The number of aromatic nitrogens is 6. The molecule has 1 fully saturated rings. The number of ether oxygens (including phenoxy) is 1. The number of anilines is 2. The molecule has 4 aromatic rings. The van der Waals surface area contributed by atoms with Crippen LogP contribution in [0.1, 0.15) is 59.6 Å². The first-order valence-electron chi connectivity index (χ1n) is 16.5. The average molecular weight is 671 g/mol. The third kappa shape index (κ3) is 7.88. The van der Waals surface area contributed by atoms with Crippen molar-refractivity contribution >= 4 is 17.9 Å². The Morgan fingerprint density at radius 2 is 1.86 bits per heavy atom. The minimum atomic E-state index is -0.660. The van der Waals surface area contributed by atoms with Gasteiger partial charge < -0.3 is 19.4 Å². The molecule has 14 heteroatoms. The lowest BCUT2D eigenvalue weighted by Crippen LogP contribution is -2.53. The lowest BCUT2D eigenvalue weighted by Gasteiger charge is -2.40. The van der Waals surface area contributed by atoms with Gasteiger partial charge >= 0.3 is 11.8 Å². The predicted octanol–water partition coefficient (Wildman–Crippen LogP) is 4.82. The molecule has 0 saturated carbocycles. The maximum atomic E-state index is 15.5. The van der Waals surface area contributed by atoms with Gasteiger partial charge in [-0.1, -0.05) is 13.0 Å². The number of aryl methyl sites for hydroxylation is 1. The largest absolute Gasteiger partial charge is 0.444 e. The van der Waals surface area contributed by atoms with Crippen LogP contribution < -0.4 is 15.5 Å². The molecule has 13 nitrogen and oxygen atoms in total. The molecule has 0 spiro atoms. The summed E-state index contributed by atoms with van der Waals surface area (Å²) in [5.74, 6) is 0.612. The third-order valence-corrected chi connectivity index (χ3v) is 8.35. The summed E-state index contributed by atoms with van der Waals surface area (Å²) in [4.78, 5) is 45.3. The van der Waals surface area contributed by atoms with E-state index in [2.05, 4.69) is 49.8 Å². The number of benzene rings is 1. The Morgan fingerprint density at radius 1 is 1.12 bits per heavy atom. The van der Waals surface area contributed by atoms with Gasteiger partial charge in [0.05, 0.1) is 17.8 Å². The maximum Gasteiger partial charge on any atom is 0.410 e. The minimum absolute atomic E-state index is 0.0259. The van der Waals surface area contributed by atoms with Crippen LogP contribution >= 0.6 is 0 Å². The van der Waals surface area contributed by atoms with Crippen LogP contribution in [0.25, 0.3) is 16.8 Å². The summed E-state index contributed by atoms with van der Waals surface area (Å²) in [6.45, 7) is 15.5. The molecule has 258 valence electrons. The Bertz CT molecular complexity index is 1890. The second-order valence-corrected chi connectivity index (χ2v) is 13.4. The number of rotatable bonds is 9. The van der Waals surface area contributed by atoms with E-state index >= 15 is 4.39 Å². The first-order valence-corrected chi connectivity index (χ1v) is 16.5. The van der Waals surface area contributed by atoms with Crippen LogP contribution in [-0.2, 0) is 17.7 Å². The van der Waals surface area contributed by atoms with E-state index in [0.29, 0.717) is 48.1 Å². The molecule has 0 N–H and O–H groups in total. The first-order chi connectivity index (χ1) is 23.3. The van der Waals surface area contributed by atoms with Crippen molar-refractivity contribution in [2.75, 3.05) is 36.0 Å². The lowest BCUT2D eigenvalue weighted by atomic mass is 10.0. The van der Waals surface area contributed by atoms with Crippen LogP contribution in [-0.4, -0.2) is 84.2 Å². The second-order valence-electron chi connectivity index (χ2n) is 13.4. The van der Waals surface area contributed by atoms with E-state index in [1.807, 2.05) is 26.2 Å². The standard InChI is InChI=1S/C35H43FN10O3/c1-8-25-18-39-32(40-19-25)42-11-12-44(24(4)21-42)31-27(17-37)15-28(20-38-31)26-9-10-30(29(36)16-26)45-22-41-46(33(45)47)14-13-43(23(2)3)34(48)49-35(5,6)7/h9-10,15-16,18-20,22-24H,8,11-14,21H2,1-7H3. The number of amides is 1. The Labute approximate surface area is 285 Å².